The molecule has 1 atom stereocenters. The second-order valence-corrected chi connectivity index (χ2v) is 8.89. The van der Waals surface area contributed by atoms with Gasteiger partial charge in [0, 0.05) is 28.2 Å². The summed E-state index contributed by atoms with van der Waals surface area (Å²) in [6.45, 7) is 1.91. The van der Waals surface area contributed by atoms with Gasteiger partial charge < -0.3 is 10.2 Å². The summed E-state index contributed by atoms with van der Waals surface area (Å²) in [7, 11) is 0. The first-order valence-corrected chi connectivity index (χ1v) is 11.4. The van der Waals surface area contributed by atoms with Crippen LogP contribution in [0.1, 0.15) is 50.2 Å². The highest BCUT2D eigenvalue weighted by Crippen LogP contribution is 2.22. The fourth-order valence-electron chi connectivity index (χ4n) is 3.89. The molecule has 0 heterocycles. The Labute approximate surface area is 192 Å². The number of nitrogens with one attached hydrogen (secondary N) is 1. The summed E-state index contributed by atoms with van der Waals surface area (Å²) < 4.78 is 14.3. The standard InChI is InChI=1S/C24H27Cl2FN2O2/c1-16(24(31)28-19-6-3-2-4-7-19)29(15-17-10-12-18(25)13-11-17)23(30)14-20-21(26)8-5-9-22(20)27/h5,8-13,16,19H,2-4,6-7,14-15H2,1H3,(H,28,31)/t16-/m0/s1. The van der Waals surface area contributed by atoms with Gasteiger partial charge in [0.15, 0.2) is 0 Å². The molecule has 1 N–H and O–H groups in total. The summed E-state index contributed by atoms with van der Waals surface area (Å²) in [5, 5.41) is 3.86. The monoisotopic (exact) mass is 464 g/mol. The van der Waals surface area contributed by atoms with E-state index < -0.39 is 11.9 Å². The summed E-state index contributed by atoms with van der Waals surface area (Å²) >= 11 is 12.1. The van der Waals surface area contributed by atoms with Crippen molar-refractivity contribution in [1.29, 1.82) is 0 Å². The number of hydrogen-bond donors (Lipinski definition) is 1. The average molecular weight is 465 g/mol. The Kier molecular flexibility index (Phi) is 8.33. The molecule has 1 aliphatic rings. The van der Waals surface area contributed by atoms with Crippen LogP contribution in [0.3, 0.4) is 0 Å². The molecule has 0 unspecified atom stereocenters. The molecule has 3 rings (SSSR count). The van der Waals surface area contributed by atoms with E-state index in [2.05, 4.69) is 5.32 Å². The molecule has 7 heteroatoms. The van der Waals surface area contributed by atoms with Crippen LogP contribution >= 0.6 is 23.2 Å². The Morgan fingerprint density at radius 2 is 1.77 bits per heavy atom. The Hall–Kier alpha value is -2.11. The molecular weight excluding hydrogens is 438 g/mol. The van der Waals surface area contributed by atoms with E-state index in [-0.39, 0.29) is 41.4 Å². The molecule has 4 nitrogen and oxygen atoms in total. The first kappa shape index (κ1) is 23.6. The highest BCUT2D eigenvalue weighted by Gasteiger charge is 2.29. The van der Waals surface area contributed by atoms with Crippen LogP contribution in [0, 0.1) is 5.82 Å². The molecule has 0 aromatic heterocycles. The van der Waals surface area contributed by atoms with Crippen LogP contribution in [0.2, 0.25) is 10.0 Å². The number of carbonyl (C=O) groups excluding carboxylic acids is 2. The quantitative estimate of drug-likeness (QED) is 0.584. The maximum Gasteiger partial charge on any atom is 0.242 e. The minimum Gasteiger partial charge on any atom is -0.352 e. The number of benzene rings is 2. The third-order valence-corrected chi connectivity index (χ3v) is 6.38. The largest absolute Gasteiger partial charge is 0.352 e. The lowest BCUT2D eigenvalue weighted by atomic mass is 9.95. The van der Waals surface area contributed by atoms with Gasteiger partial charge in [-0.2, -0.15) is 0 Å². The summed E-state index contributed by atoms with van der Waals surface area (Å²) in [6, 6.07) is 10.8. The Bertz CT molecular complexity index is 894. The first-order chi connectivity index (χ1) is 14.8. The van der Waals surface area contributed by atoms with Gasteiger partial charge in [0.05, 0.1) is 6.42 Å². The minimum absolute atomic E-state index is 0.134. The SMILES string of the molecule is C[C@@H](C(=O)NC1CCCCC1)N(Cc1ccc(Cl)cc1)C(=O)Cc1c(F)cccc1Cl. The van der Waals surface area contributed by atoms with Gasteiger partial charge in [-0.3, -0.25) is 9.59 Å². The molecule has 0 bridgehead atoms. The molecule has 2 aromatic rings. The molecule has 1 aliphatic carbocycles. The van der Waals surface area contributed by atoms with E-state index in [0.29, 0.717) is 5.02 Å². The fourth-order valence-corrected chi connectivity index (χ4v) is 4.25. The van der Waals surface area contributed by atoms with E-state index in [1.807, 2.05) is 12.1 Å². The first-order valence-electron chi connectivity index (χ1n) is 10.6. The van der Waals surface area contributed by atoms with Crippen molar-refractivity contribution in [2.45, 2.75) is 64.1 Å². The molecule has 0 saturated heterocycles. The molecule has 1 fully saturated rings. The van der Waals surface area contributed by atoms with Gasteiger partial charge in [-0.05, 0) is 49.6 Å². The van der Waals surface area contributed by atoms with E-state index in [4.69, 9.17) is 23.2 Å². The predicted molar refractivity (Wildman–Crippen MR) is 122 cm³/mol. The van der Waals surface area contributed by atoms with E-state index >= 15 is 0 Å². The molecule has 0 spiro atoms. The molecule has 31 heavy (non-hydrogen) atoms. The van der Waals surface area contributed by atoms with Gasteiger partial charge in [-0.1, -0.05) is 60.7 Å². The lowest BCUT2D eigenvalue weighted by molar-refractivity contribution is -0.140. The number of nitrogens with zero attached hydrogens (tertiary/aromatic N) is 1. The third-order valence-electron chi connectivity index (χ3n) is 5.77. The summed E-state index contributed by atoms with van der Waals surface area (Å²) in [5.41, 5.74) is 0.963. The van der Waals surface area contributed by atoms with Crippen LogP contribution in [-0.4, -0.2) is 28.8 Å². The van der Waals surface area contributed by atoms with Gasteiger partial charge in [-0.25, -0.2) is 4.39 Å². The zero-order chi connectivity index (χ0) is 22.4. The van der Waals surface area contributed by atoms with E-state index in [9.17, 15) is 14.0 Å². The normalized spacial score (nSPS) is 15.4. The van der Waals surface area contributed by atoms with Crippen molar-refractivity contribution in [1.82, 2.24) is 10.2 Å². The van der Waals surface area contributed by atoms with Crippen LogP contribution < -0.4 is 5.32 Å². The van der Waals surface area contributed by atoms with Crippen LogP contribution in [0.4, 0.5) is 4.39 Å². The van der Waals surface area contributed by atoms with Crippen LogP contribution in [0.25, 0.3) is 0 Å². The molecule has 0 aliphatic heterocycles. The topological polar surface area (TPSA) is 49.4 Å². The molecule has 1 saturated carbocycles. The average Bonchev–Trinajstić information content (AvgIpc) is 2.76. The van der Waals surface area contributed by atoms with Gasteiger partial charge in [0.2, 0.25) is 11.8 Å². The second-order valence-electron chi connectivity index (χ2n) is 8.04. The van der Waals surface area contributed by atoms with Crippen molar-refractivity contribution in [3.05, 3.63) is 69.5 Å². The zero-order valence-corrected chi connectivity index (χ0v) is 19.1. The Morgan fingerprint density at radius 3 is 2.42 bits per heavy atom. The maximum absolute atomic E-state index is 14.3. The highest BCUT2D eigenvalue weighted by molar-refractivity contribution is 6.31. The summed E-state index contributed by atoms with van der Waals surface area (Å²) in [4.78, 5) is 27.7. The van der Waals surface area contributed by atoms with E-state index in [1.54, 1.807) is 25.1 Å². The molecule has 2 amide bonds. The lowest BCUT2D eigenvalue weighted by Crippen LogP contribution is -2.50. The third kappa shape index (κ3) is 6.44. The molecule has 166 valence electrons. The number of rotatable bonds is 7. The van der Waals surface area contributed by atoms with Crippen LogP contribution in [0.5, 0.6) is 0 Å². The van der Waals surface area contributed by atoms with E-state index in [1.165, 1.54) is 23.5 Å². The smallest absolute Gasteiger partial charge is 0.242 e. The number of amides is 2. The van der Waals surface area contributed by atoms with Gasteiger partial charge in [0.25, 0.3) is 0 Å². The van der Waals surface area contributed by atoms with Gasteiger partial charge >= 0.3 is 0 Å². The van der Waals surface area contributed by atoms with Gasteiger partial charge in [0.1, 0.15) is 11.9 Å². The van der Waals surface area contributed by atoms with Crippen molar-refractivity contribution in [3.8, 4) is 0 Å². The van der Waals surface area contributed by atoms with Crippen molar-refractivity contribution in [2.24, 2.45) is 0 Å². The number of halogens is 3. The van der Waals surface area contributed by atoms with Crippen molar-refractivity contribution < 1.29 is 14.0 Å². The number of hydrogen-bond acceptors (Lipinski definition) is 2. The van der Waals surface area contributed by atoms with E-state index in [0.717, 1.165) is 31.2 Å². The van der Waals surface area contributed by atoms with Crippen LogP contribution in [0.15, 0.2) is 42.5 Å². The minimum atomic E-state index is -0.712. The molecular formula is C24H27Cl2FN2O2. The molecule has 2 aromatic carbocycles. The Balaban J connectivity index is 1.79. The zero-order valence-electron chi connectivity index (χ0n) is 17.5. The van der Waals surface area contributed by atoms with Crippen molar-refractivity contribution >= 4 is 35.0 Å². The maximum atomic E-state index is 14.3. The highest BCUT2D eigenvalue weighted by atomic mass is 35.5. The van der Waals surface area contributed by atoms with Gasteiger partial charge in [-0.15, -0.1) is 0 Å². The van der Waals surface area contributed by atoms with Crippen molar-refractivity contribution in [3.63, 3.8) is 0 Å². The summed E-state index contributed by atoms with van der Waals surface area (Å²) in [5.74, 6) is -1.10. The van der Waals surface area contributed by atoms with Crippen molar-refractivity contribution in [2.75, 3.05) is 0 Å². The second kappa shape index (κ2) is 11.0. The number of carbonyl (C=O) groups is 2. The molecule has 0 radical (unpaired) electrons. The van der Waals surface area contributed by atoms with Crippen LogP contribution in [-0.2, 0) is 22.6 Å². The summed E-state index contributed by atoms with van der Waals surface area (Å²) in [6.07, 6.45) is 5.06. The Morgan fingerprint density at radius 1 is 1.10 bits per heavy atom. The fraction of sp³-hybridized carbons (Fsp3) is 0.417. The predicted octanol–water partition coefficient (Wildman–Crippen LogP) is 5.54. The lowest BCUT2D eigenvalue weighted by Gasteiger charge is -2.31.